The molecule has 0 saturated carbocycles. The van der Waals surface area contributed by atoms with Gasteiger partial charge in [0.2, 0.25) is 0 Å². The van der Waals surface area contributed by atoms with Crippen LogP contribution < -0.4 is 10.6 Å². The molecule has 9 heteroatoms. The van der Waals surface area contributed by atoms with E-state index in [1.165, 1.54) is 27.6 Å². The van der Waals surface area contributed by atoms with Crippen LogP contribution in [0.5, 0.6) is 0 Å². The molecule has 0 atom stereocenters. The van der Waals surface area contributed by atoms with Crippen molar-refractivity contribution < 1.29 is 18.8 Å². The molecule has 3 aromatic heterocycles. The quantitative estimate of drug-likeness (QED) is 0.552. The van der Waals surface area contributed by atoms with Crippen molar-refractivity contribution in [1.82, 2.24) is 10.5 Å². The number of carbonyl (C=O) groups excluding carboxylic acids is 2. The fourth-order valence-corrected chi connectivity index (χ4v) is 5.29. The maximum Gasteiger partial charge on any atom is 0.278 e. The largest absolute Gasteiger partial charge is 0.383 e. The molecule has 2 N–H and O–H groups in total. The first-order valence-electron chi connectivity index (χ1n) is 9.41. The number of carbonyl (C=O) groups is 2. The van der Waals surface area contributed by atoms with Crippen molar-refractivity contribution in [3.8, 4) is 10.6 Å². The van der Waals surface area contributed by atoms with E-state index in [1.807, 2.05) is 17.5 Å². The highest BCUT2D eigenvalue weighted by Crippen LogP contribution is 2.38. The van der Waals surface area contributed by atoms with Gasteiger partial charge in [0.25, 0.3) is 11.8 Å². The van der Waals surface area contributed by atoms with Gasteiger partial charge in [-0.15, -0.1) is 22.7 Å². The van der Waals surface area contributed by atoms with E-state index in [9.17, 15) is 9.59 Å². The first kappa shape index (κ1) is 19.8. The van der Waals surface area contributed by atoms with Gasteiger partial charge >= 0.3 is 0 Å². The van der Waals surface area contributed by atoms with Gasteiger partial charge in [0.1, 0.15) is 5.00 Å². The number of hydrogen-bond donors (Lipinski definition) is 2. The Hall–Kier alpha value is -2.49. The summed E-state index contributed by atoms with van der Waals surface area (Å²) in [5, 5.41) is 12.1. The predicted octanol–water partition coefficient (Wildman–Crippen LogP) is 3.97. The lowest BCUT2D eigenvalue weighted by atomic mass is 9.95. The average Bonchev–Trinajstić information content (AvgIpc) is 3.46. The summed E-state index contributed by atoms with van der Waals surface area (Å²) in [7, 11) is 1.59. The zero-order chi connectivity index (χ0) is 20.2. The fourth-order valence-electron chi connectivity index (χ4n) is 3.33. The zero-order valence-corrected chi connectivity index (χ0v) is 17.6. The van der Waals surface area contributed by atoms with Crippen molar-refractivity contribution in [2.45, 2.75) is 25.7 Å². The van der Waals surface area contributed by atoms with E-state index in [4.69, 9.17) is 9.26 Å². The number of anilines is 1. The Kier molecular flexibility index (Phi) is 6.08. The molecule has 2 amide bonds. The number of rotatable bonds is 7. The van der Waals surface area contributed by atoms with Crippen molar-refractivity contribution in [2.75, 3.05) is 25.6 Å². The summed E-state index contributed by atoms with van der Waals surface area (Å²) >= 11 is 2.99. The Bertz CT molecular complexity index is 1010. The molecule has 29 heavy (non-hydrogen) atoms. The molecule has 1 aliphatic rings. The van der Waals surface area contributed by atoms with Gasteiger partial charge in [-0.05, 0) is 42.7 Å². The van der Waals surface area contributed by atoms with Gasteiger partial charge in [-0.1, -0.05) is 11.2 Å². The van der Waals surface area contributed by atoms with E-state index in [2.05, 4.69) is 15.8 Å². The number of aromatic nitrogens is 1. The molecule has 3 aromatic rings. The summed E-state index contributed by atoms with van der Waals surface area (Å²) in [5.41, 5.74) is 1.80. The highest BCUT2D eigenvalue weighted by atomic mass is 32.1. The minimum absolute atomic E-state index is 0.184. The van der Waals surface area contributed by atoms with Crippen LogP contribution in [0.1, 0.15) is 44.1 Å². The van der Waals surface area contributed by atoms with E-state index in [-0.39, 0.29) is 17.5 Å². The Morgan fingerprint density at radius 1 is 1.28 bits per heavy atom. The molecule has 7 nitrogen and oxygen atoms in total. The first-order chi connectivity index (χ1) is 14.2. The summed E-state index contributed by atoms with van der Waals surface area (Å²) in [6.07, 6.45) is 3.92. The minimum Gasteiger partial charge on any atom is -0.383 e. The second-order valence-corrected chi connectivity index (χ2v) is 8.72. The third-order valence-corrected chi connectivity index (χ3v) is 6.82. The van der Waals surface area contributed by atoms with Crippen molar-refractivity contribution in [1.29, 1.82) is 0 Å². The van der Waals surface area contributed by atoms with Crippen LogP contribution in [0, 0.1) is 0 Å². The maximum atomic E-state index is 12.8. The van der Waals surface area contributed by atoms with Crippen LogP contribution in [0.15, 0.2) is 28.1 Å². The number of amides is 2. The Morgan fingerprint density at radius 2 is 2.14 bits per heavy atom. The van der Waals surface area contributed by atoms with E-state index < -0.39 is 0 Å². The number of thiophene rings is 2. The number of nitrogens with zero attached hydrogens (tertiary/aromatic N) is 1. The predicted molar refractivity (Wildman–Crippen MR) is 113 cm³/mol. The fraction of sp³-hybridized carbons (Fsp3) is 0.350. The van der Waals surface area contributed by atoms with Crippen molar-refractivity contribution >= 4 is 39.5 Å². The van der Waals surface area contributed by atoms with Crippen LogP contribution in [0.2, 0.25) is 0 Å². The lowest BCUT2D eigenvalue weighted by Gasteiger charge is -2.13. The number of hydrogen-bond acceptors (Lipinski definition) is 7. The van der Waals surface area contributed by atoms with Crippen LogP contribution >= 0.6 is 22.7 Å². The second kappa shape index (κ2) is 8.89. The molecule has 152 valence electrons. The van der Waals surface area contributed by atoms with Crippen LogP contribution in [-0.4, -0.2) is 37.2 Å². The summed E-state index contributed by atoms with van der Waals surface area (Å²) < 4.78 is 10.3. The normalized spacial score (nSPS) is 13.1. The van der Waals surface area contributed by atoms with Crippen LogP contribution in [0.3, 0.4) is 0 Å². The highest BCUT2D eigenvalue weighted by molar-refractivity contribution is 7.17. The van der Waals surface area contributed by atoms with Crippen molar-refractivity contribution in [3.63, 3.8) is 0 Å². The SMILES string of the molecule is COCCNC(=O)c1c(NC(=O)c2cc(-c3cccs3)on2)sc2c1CCCC2. The topological polar surface area (TPSA) is 93.5 Å². The lowest BCUT2D eigenvalue weighted by Crippen LogP contribution is -2.28. The molecule has 0 aliphatic heterocycles. The maximum absolute atomic E-state index is 12.8. The van der Waals surface area contributed by atoms with Crippen LogP contribution in [-0.2, 0) is 17.6 Å². The number of aryl methyl sites for hydroxylation is 1. The Labute approximate surface area is 176 Å². The van der Waals surface area contributed by atoms with Crippen molar-refractivity contribution in [3.05, 3.63) is 45.3 Å². The van der Waals surface area contributed by atoms with Crippen LogP contribution in [0.4, 0.5) is 5.00 Å². The van der Waals surface area contributed by atoms with E-state index in [1.54, 1.807) is 13.2 Å². The van der Waals surface area contributed by atoms with Gasteiger partial charge < -0.3 is 19.9 Å². The summed E-state index contributed by atoms with van der Waals surface area (Å²) in [4.78, 5) is 27.7. The third-order valence-electron chi connectivity index (χ3n) is 4.72. The zero-order valence-electron chi connectivity index (χ0n) is 15.9. The molecule has 0 bridgehead atoms. The van der Waals surface area contributed by atoms with Crippen LogP contribution in [0.25, 0.3) is 10.6 Å². The van der Waals surface area contributed by atoms with E-state index >= 15 is 0 Å². The van der Waals surface area contributed by atoms with Crippen molar-refractivity contribution in [2.24, 2.45) is 0 Å². The monoisotopic (exact) mass is 431 g/mol. The van der Waals surface area contributed by atoms with Gasteiger partial charge in [0.05, 0.1) is 17.0 Å². The molecule has 0 saturated heterocycles. The molecule has 0 spiro atoms. The molecule has 0 aromatic carbocycles. The van der Waals surface area contributed by atoms with Gasteiger partial charge in [0, 0.05) is 24.6 Å². The van der Waals surface area contributed by atoms with Gasteiger partial charge in [-0.25, -0.2) is 0 Å². The van der Waals surface area contributed by atoms with Gasteiger partial charge in [-0.2, -0.15) is 0 Å². The number of methoxy groups -OCH3 is 1. The van der Waals surface area contributed by atoms with E-state index in [0.29, 0.717) is 29.5 Å². The molecule has 0 fully saturated rings. The smallest absolute Gasteiger partial charge is 0.278 e. The summed E-state index contributed by atoms with van der Waals surface area (Å²) in [6, 6.07) is 5.43. The Balaban J connectivity index is 1.57. The van der Waals surface area contributed by atoms with E-state index in [0.717, 1.165) is 36.1 Å². The molecule has 4 rings (SSSR count). The number of nitrogens with one attached hydrogen (secondary N) is 2. The highest BCUT2D eigenvalue weighted by Gasteiger charge is 2.27. The van der Waals surface area contributed by atoms with Gasteiger partial charge in [0.15, 0.2) is 11.5 Å². The molecular weight excluding hydrogens is 410 g/mol. The first-order valence-corrected chi connectivity index (χ1v) is 11.1. The third kappa shape index (κ3) is 4.26. The molecule has 3 heterocycles. The second-order valence-electron chi connectivity index (χ2n) is 6.67. The lowest BCUT2D eigenvalue weighted by molar-refractivity contribution is 0.0937. The standard InChI is InChI=1S/C20H21N3O4S2/c1-26-9-8-21-19(25)17-12-5-2-3-6-15(12)29-20(17)22-18(24)13-11-14(27-23-13)16-7-4-10-28-16/h4,7,10-11H,2-3,5-6,8-9H2,1H3,(H,21,25)(H,22,24). The van der Waals surface area contributed by atoms with Gasteiger partial charge in [-0.3, -0.25) is 9.59 Å². The number of fused-ring (bicyclic) bond motifs is 1. The minimum atomic E-state index is -0.388. The molecule has 0 radical (unpaired) electrons. The average molecular weight is 432 g/mol. The molecular formula is C20H21N3O4S2. The molecule has 0 unspecified atom stereocenters. The molecule has 1 aliphatic carbocycles. The summed E-state index contributed by atoms with van der Waals surface area (Å²) in [5.74, 6) is -0.0228. The Morgan fingerprint density at radius 3 is 2.93 bits per heavy atom. The number of ether oxygens (including phenoxy) is 1. The summed E-state index contributed by atoms with van der Waals surface area (Å²) in [6.45, 7) is 0.852.